The molecule has 0 aliphatic carbocycles. The summed E-state index contributed by atoms with van der Waals surface area (Å²) in [6, 6.07) is 20.4. The van der Waals surface area contributed by atoms with Gasteiger partial charge in [0.1, 0.15) is 28.1 Å². The van der Waals surface area contributed by atoms with Crippen molar-refractivity contribution in [3.63, 3.8) is 0 Å². The van der Waals surface area contributed by atoms with E-state index in [4.69, 9.17) is 21.3 Å². The Bertz CT molecular complexity index is 2030. The number of hydrogen-bond acceptors (Lipinski definition) is 5. The topological polar surface area (TPSA) is 127 Å². The number of fused-ring (bicyclic) bond motifs is 1. The molecule has 2 aliphatic rings. The molecule has 2 unspecified atom stereocenters. The maximum Gasteiger partial charge on any atom is 0.410 e. The van der Waals surface area contributed by atoms with Crippen LogP contribution in [0.5, 0.6) is 0 Å². The first kappa shape index (κ1) is 32.7. The van der Waals surface area contributed by atoms with E-state index in [1.54, 1.807) is 4.90 Å². The van der Waals surface area contributed by atoms with Crippen molar-refractivity contribution in [2.24, 2.45) is 11.8 Å². The molecule has 2 aliphatic heterocycles. The summed E-state index contributed by atoms with van der Waals surface area (Å²) in [4.78, 5) is 44.0. The third kappa shape index (κ3) is 6.62. The number of hydrogen-bond donors (Lipinski definition) is 3. The molecule has 0 spiro atoms. The van der Waals surface area contributed by atoms with E-state index in [-0.39, 0.29) is 24.1 Å². The van der Waals surface area contributed by atoms with Gasteiger partial charge < -0.3 is 19.8 Å². The van der Waals surface area contributed by atoms with Crippen LogP contribution in [-0.4, -0.2) is 65.7 Å². The van der Waals surface area contributed by atoms with Crippen LogP contribution < -0.4 is 0 Å². The predicted molar refractivity (Wildman–Crippen MR) is 190 cm³/mol. The van der Waals surface area contributed by atoms with Gasteiger partial charge in [0.25, 0.3) is 0 Å². The molecule has 7 rings (SSSR count). The van der Waals surface area contributed by atoms with Gasteiger partial charge in [-0.1, -0.05) is 74.0 Å². The summed E-state index contributed by atoms with van der Waals surface area (Å²) in [5.74, 6) is 1.95. The summed E-state index contributed by atoms with van der Waals surface area (Å²) in [6.07, 6.45) is 2.11. The van der Waals surface area contributed by atoms with Crippen molar-refractivity contribution in [2.45, 2.75) is 65.1 Å². The van der Waals surface area contributed by atoms with Crippen molar-refractivity contribution in [2.75, 3.05) is 13.1 Å². The van der Waals surface area contributed by atoms with Crippen LogP contribution in [0.2, 0.25) is 5.15 Å². The Morgan fingerprint density at radius 1 is 0.816 bits per heavy atom. The van der Waals surface area contributed by atoms with E-state index in [1.165, 1.54) is 4.90 Å². The fourth-order valence-corrected chi connectivity index (χ4v) is 7.38. The molecule has 4 atom stereocenters. The fraction of sp³-hybridized carbons (Fsp3) is 0.368. The van der Waals surface area contributed by atoms with E-state index in [1.807, 2.05) is 40.0 Å². The van der Waals surface area contributed by atoms with Crippen LogP contribution in [0.4, 0.5) is 9.59 Å². The van der Waals surface area contributed by atoms with Crippen LogP contribution in [0.15, 0.2) is 66.9 Å². The molecule has 5 aromatic rings. The zero-order valence-corrected chi connectivity index (χ0v) is 29.1. The van der Waals surface area contributed by atoms with Crippen LogP contribution in [0.25, 0.3) is 44.4 Å². The summed E-state index contributed by atoms with van der Waals surface area (Å²) in [7, 11) is 0. The number of halogens is 1. The highest BCUT2D eigenvalue weighted by Crippen LogP contribution is 2.39. The van der Waals surface area contributed by atoms with Gasteiger partial charge in [0.15, 0.2) is 0 Å². The molecule has 49 heavy (non-hydrogen) atoms. The zero-order valence-electron chi connectivity index (χ0n) is 28.3. The number of carbonyl (C=O) groups excluding carboxylic acids is 1. The molecule has 2 aromatic heterocycles. The fourth-order valence-electron chi connectivity index (χ4n) is 7.13. The number of benzene rings is 3. The zero-order chi connectivity index (χ0) is 34.6. The highest BCUT2D eigenvalue weighted by molar-refractivity contribution is 6.32. The maximum absolute atomic E-state index is 12.9. The number of nitrogens with zero attached hydrogens (tertiary/aromatic N) is 4. The minimum atomic E-state index is -0.947. The number of amides is 2. The lowest BCUT2D eigenvalue weighted by Crippen LogP contribution is -2.37. The molecule has 11 heteroatoms. The van der Waals surface area contributed by atoms with Crippen LogP contribution >= 0.6 is 11.6 Å². The maximum atomic E-state index is 12.9. The van der Waals surface area contributed by atoms with Crippen molar-refractivity contribution < 1.29 is 19.4 Å². The standard InChI is InChI=1S/C38H41ClN6O4/c1-21-15-31(44(19-21)36(46)47)35-42-32(33(39)43-35)28-13-12-26-16-25(10-11-27(26)17-28)23-6-8-24(9-7-23)29-18-40-34(41-29)30-14-22(2)20-45(30)37(48)49-38(3,4)5/h6-13,16-18,21-22,30-31H,14-15,19-20H2,1-5H3,(H,40,41)(H,42,43)(H,46,47)/t21?,22-,30-,31?/m0/s1. The smallest absolute Gasteiger partial charge is 0.410 e. The van der Waals surface area contributed by atoms with Gasteiger partial charge >= 0.3 is 12.2 Å². The number of H-pyrrole nitrogens is 2. The molecule has 2 saturated heterocycles. The average Bonchev–Trinajstić information content (AvgIpc) is 3.85. The van der Waals surface area contributed by atoms with Crippen LogP contribution in [0, 0.1) is 11.8 Å². The molecule has 4 heterocycles. The van der Waals surface area contributed by atoms with Gasteiger partial charge in [-0.2, -0.15) is 0 Å². The Hall–Kier alpha value is -4.83. The second-order valence-electron chi connectivity index (χ2n) is 14.6. The highest BCUT2D eigenvalue weighted by atomic mass is 35.5. The molecule has 10 nitrogen and oxygen atoms in total. The summed E-state index contributed by atoms with van der Waals surface area (Å²) in [5.41, 5.74) is 5.01. The number of rotatable bonds is 5. The molecule has 3 N–H and O–H groups in total. The second kappa shape index (κ2) is 12.6. The van der Waals surface area contributed by atoms with Crippen LogP contribution in [-0.2, 0) is 4.74 Å². The average molecular weight is 681 g/mol. The number of likely N-dealkylation sites (tertiary alicyclic amines) is 2. The number of aromatic nitrogens is 4. The van der Waals surface area contributed by atoms with Gasteiger partial charge in [0, 0.05) is 18.7 Å². The molecular formula is C38H41ClN6O4. The van der Waals surface area contributed by atoms with Crippen molar-refractivity contribution in [1.82, 2.24) is 29.7 Å². The SMILES string of the molecule is CC1CC(c2nc(-c3ccc4cc(-c5ccc(-c6cnc([C@@H]7C[C@H](C)CN7C(=O)OC(C)(C)C)[nH]6)cc5)ccc4c3)c(Cl)[nH]2)N(C(=O)O)C1. The van der Waals surface area contributed by atoms with Gasteiger partial charge in [0.2, 0.25) is 0 Å². The molecule has 0 radical (unpaired) electrons. The number of carbonyl (C=O) groups is 2. The van der Waals surface area contributed by atoms with Crippen molar-refractivity contribution in [3.8, 4) is 33.6 Å². The minimum absolute atomic E-state index is 0.152. The number of nitrogens with one attached hydrogen (secondary N) is 2. The largest absolute Gasteiger partial charge is 0.465 e. The lowest BCUT2D eigenvalue weighted by Gasteiger charge is -2.27. The highest BCUT2D eigenvalue weighted by Gasteiger charge is 2.39. The monoisotopic (exact) mass is 680 g/mol. The summed E-state index contributed by atoms with van der Waals surface area (Å²) >= 11 is 6.60. The Balaban J connectivity index is 1.07. The quantitative estimate of drug-likeness (QED) is 0.170. The van der Waals surface area contributed by atoms with Crippen LogP contribution in [0.3, 0.4) is 0 Å². The lowest BCUT2D eigenvalue weighted by atomic mass is 9.98. The van der Waals surface area contributed by atoms with Gasteiger partial charge in [0.05, 0.1) is 24.0 Å². The molecule has 0 saturated carbocycles. The Morgan fingerprint density at radius 3 is 2.04 bits per heavy atom. The first-order valence-corrected chi connectivity index (χ1v) is 17.1. The number of aromatic amines is 2. The third-order valence-electron chi connectivity index (χ3n) is 9.44. The Labute approximate surface area is 290 Å². The predicted octanol–water partition coefficient (Wildman–Crippen LogP) is 9.32. The second-order valence-corrected chi connectivity index (χ2v) is 15.0. The molecular weight excluding hydrogens is 640 g/mol. The summed E-state index contributed by atoms with van der Waals surface area (Å²) in [5, 5.41) is 12.2. The normalized spacial score (nSPS) is 21.1. The van der Waals surface area contributed by atoms with E-state index in [0.29, 0.717) is 42.1 Å². The van der Waals surface area contributed by atoms with E-state index in [0.717, 1.165) is 51.0 Å². The Morgan fingerprint density at radius 2 is 1.39 bits per heavy atom. The van der Waals surface area contributed by atoms with E-state index >= 15 is 0 Å². The van der Waals surface area contributed by atoms with Crippen molar-refractivity contribution in [3.05, 3.63) is 83.7 Å². The summed E-state index contributed by atoms with van der Waals surface area (Å²) < 4.78 is 5.67. The van der Waals surface area contributed by atoms with Crippen LogP contribution in [0.1, 0.15) is 71.2 Å². The van der Waals surface area contributed by atoms with Gasteiger partial charge in [-0.3, -0.25) is 9.80 Å². The minimum Gasteiger partial charge on any atom is -0.465 e. The lowest BCUT2D eigenvalue weighted by molar-refractivity contribution is 0.0214. The number of carboxylic acid groups (broad SMARTS) is 1. The Kier molecular flexibility index (Phi) is 8.39. The van der Waals surface area contributed by atoms with Gasteiger partial charge in [-0.05, 0) is 85.0 Å². The van der Waals surface area contributed by atoms with Crippen molar-refractivity contribution >= 4 is 34.6 Å². The summed E-state index contributed by atoms with van der Waals surface area (Å²) in [6.45, 7) is 11.0. The molecule has 3 aromatic carbocycles. The first-order chi connectivity index (χ1) is 23.3. The molecule has 2 amide bonds. The van der Waals surface area contributed by atoms with E-state index in [9.17, 15) is 14.7 Å². The van der Waals surface area contributed by atoms with E-state index < -0.39 is 11.7 Å². The van der Waals surface area contributed by atoms with Gasteiger partial charge in [-0.25, -0.2) is 19.6 Å². The first-order valence-electron chi connectivity index (χ1n) is 16.8. The third-order valence-corrected chi connectivity index (χ3v) is 9.72. The number of ether oxygens (including phenoxy) is 1. The molecule has 2 fully saturated rings. The van der Waals surface area contributed by atoms with Gasteiger partial charge in [-0.15, -0.1) is 0 Å². The number of imidazole rings is 2. The molecule has 254 valence electrons. The van der Waals surface area contributed by atoms with Crippen molar-refractivity contribution in [1.29, 1.82) is 0 Å². The molecule has 0 bridgehead atoms. The van der Waals surface area contributed by atoms with E-state index in [2.05, 4.69) is 76.5 Å².